The standard InChI is InChI=1S/C23H18ClN/c24-20-13-10-18(11-14-20)12-15-23-22-9-5-4-6-19(22)16-17-25(23)21-7-2-1-3-8-21/h1-4,6-11,13-14,16,23H,5,17H2. The zero-order chi connectivity index (χ0) is 17.1. The minimum absolute atomic E-state index is 0.0584. The van der Waals surface area contributed by atoms with Crippen LogP contribution in [0.2, 0.25) is 5.02 Å². The summed E-state index contributed by atoms with van der Waals surface area (Å²) in [5.74, 6) is 6.83. The van der Waals surface area contributed by atoms with Gasteiger partial charge in [-0.1, -0.05) is 65.9 Å². The van der Waals surface area contributed by atoms with Crippen LogP contribution in [0.3, 0.4) is 0 Å². The Balaban J connectivity index is 1.73. The number of hydrogen-bond donors (Lipinski definition) is 0. The first-order chi connectivity index (χ1) is 12.3. The smallest absolute Gasteiger partial charge is 0.117 e. The minimum Gasteiger partial charge on any atom is -0.350 e. The van der Waals surface area contributed by atoms with Crippen LogP contribution in [0.5, 0.6) is 0 Å². The van der Waals surface area contributed by atoms with Crippen molar-refractivity contribution in [3.63, 3.8) is 0 Å². The summed E-state index contributed by atoms with van der Waals surface area (Å²) < 4.78 is 0. The van der Waals surface area contributed by atoms with Crippen molar-refractivity contribution in [2.24, 2.45) is 0 Å². The van der Waals surface area contributed by atoms with Crippen LogP contribution in [-0.4, -0.2) is 12.6 Å². The number of fused-ring (bicyclic) bond motifs is 1. The fourth-order valence-corrected chi connectivity index (χ4v) is 3.37. The van der Waals surface area contributed by atoms with E-state index in [0.717, 1.165) is 23.6 Å². The number of nitrogens with zero attached hydrogens (tertiary/aromatic N) is 1. The van der Waals surface area contributed by atoms with Crippen LogP contribution in [0.4, 0.5) is 5.69 Å². The van der Waals surface area contributed by atoms with Crippen molar-refractivity contribution in [1.82, 2.24) is 0 Å². The molecule has 122 valence electrons. The molecular formula is C23H18ClN. The van der Waals surface area contributed by atoms with Crippen molar-refractivity contribution in [2.45, 2.75) is 12.5 Å². The van der Waals surface area contributed by atoms with Crippen molar-refractivity contribution in [1.29, 1.82) is 0 Å². The predicted octanol–water partition coefficient (Wildman–Crippen LogP) is 5.39. The van der Waals surface area contributed by atoms with Gasteiger partial charge in [0.25, 0.3) is 0 Å². The molecule has 0 aromatic heterocycles. The summed E-state index contributed by atoms with van der Waals surface area (Å²) in [4.78, 5) is 2.36. The highest BCUT2D eigenvalue weighted by atomic mass is 35.5. The van der Waals surface area contributed by atoms with Crippen LogP contribution < -0.4 is 4.90 Å². The lowest BCUT2D eigenvalue weighted by atomic mass is 9.89. The van der Waals surface area contributed by atoms with Gasteiger partial charge in [-0.25, -0.2) is 0 Å². The lowest BCUT2D eigenvalue weighted by Gasteiger charge is -2.36. The number of allylic oxidation sites excluding steroid dienone is 3. The van der Waals surface area contributed by atoms with E-state index in [2.05, 4.69) is 65.3 Å². The quantitative estimate of drug-likeness (QED) is 0.627. The fraction of sp³-hybridized carbons (Fsp3) is 0.130. The largest absolute Gasteiger partial charge is 0.350 e. The van der Waals surface area contributed by atoms with Crippen molar-refractivity contribution in [3.8, 4) is 11.8 Å². The van der Waals surface area contributed by atoms with Gasteiger partial charge in [0.15, 0.2) is 0 Å². The topological polar surface area (TPSA) is 3.24 Å². The molecule has 2 heteroatoms. The Morgan fingerprint density at radius 1 is 0.960 bits per heavy atom. The maximum Gasteiger partial charge on any atom is 0.117 e. The maximum atomic E-state index is 5.97. The summed E-state index contributed by atoms with van der Waals surface area (Å²) in [6, 6.07) is 18.3. The van der Waals surface area contributed by atoms with Crippen LogP contribution in [0.1, 0.15) is 12.0 Å². The number of hydrogen-bond acceptors (Lipinski definition) is 1. The first-order valence-corrected chi connectivity index (χ1v) is 8.85. The van der Waals surface area contributed by atoms with Gasteiger partial charge in [-0.3, -0.25) is 0 Å². The van der Waals surface area contributed by atoms with Crippen LogP contribution >= 0.6 is 11.6 Å². The molecule has 2 aromatic carbocycles. The van der Waals surface area contributed by atoms with Gasteiger partial charge in [-0.15, -0.1) is 0 Å². The molecule has 2 aliphatic rings. The van der Waals surface area contributed by atoms with E-state index >= 15 is 0 Å². The molecule has 1 heterocycles. The third-order valence-corrected chi connectivity index (χ3v) is 4.76. The van der Waals surface area contributed by atoms with E-state index in [1.54, 1.807) is 0 Å². The molecule has 0 saturated carbocycles. The van der Waals surface area contributed by atoms with Gasteiger partial charge in [-0.05, 0) is 54.0 Å². The number of para-hydroxylation sites is 1. The lowest BCUT2D eigenvalue weighted by Crippen LogP contribution is -2.39. The molecule has 0 saturated heterocycles. The van der Waals surface area contributed by atoms with Gasteiger partial charge in [0.2, 0.25) is 0 Å². The lowest BCUT2D eigenvalue weighted by molar-refractivity contribution is 0.799. The Labute approximate surface area is 153 Å². The molecule has 1 nitrogen and oxygen atoms in total. The Morgan fingerprint density at radius 3 is 2.56 bits per heavy atom. The Morgan fingerprint density at radius 2 is 1.76 bits per heavy atom. The third kappa shape index (κ3) is 3.40. The zero-order valence-electron chi connectivity index (χ0n) is 13.8. The average molecular weight is 344 g/mol. The van der Waals surface area contributed by atoms with E-state index in [1.165, 1.54) is 16.8 Å². The molecule has 0 radical (unpaired) electrons. The van der Waals surface area contributed by atoms with Crippen LogP contribution in [0, 0.1) is 11.8 Å². The zero-order valence-corrected chi connectivity index (χ0v) is 14.6. The Hall–Kier alpha value is -2.69. The van der Waals surface area contributed by atoms with Gasteiger partial charge >= 0.3 is 0 Å². The maximum absolute atomic E-state index is 5.97. The molecule has 1 aliphatic heterocycles. The molecule has 0 amide bonds. The van der Waals surface area contributed by atoms with E-state index in [-0.39, 0.29) is 6.04 Å². The molecule has 1 unspecified atom stereocenters. The molecule has 1 atom stereocenters. The summed E-state index contributed by atoms with van der Waals surface area (Å²) in [6.45, 7) is 0.862. The molecule has 25 heavy (non-hydrogen) atoms. The van der Waals surface area contributed by atoms with Gasteiger partial charge in [0.1, 0.15) is 6.04 Å². The van der Waals surface area contributed by atoms with Crippen LogP contribution in [0.25, 0.3) is 0 Å². The number of halogens is 1. The highest BCUT2D eigenvalue weighted by Gasteiger charge is 2.26. The van der Waals surface area contributed by atoms with Gasteiger partial charge in [0, 0.05) is 22.8 Å². The van der Waals surface area contributed by atoms with Gasteiger partial charge < -0.3 is 4.90 Å². The van der Waals surface area contributed by atoms with E-state index in [0.29, 0.717) is 0 Å². The van der Waals surface area contributed by atoms with Crippen LogP contribution in [0.15, 0.2) is 90.0 Å². The highest BCUT2D eigenvalue weighted by molar-refractivity contribution is 6.30. The molecule has 2 aromatic rings. The summed E-state index contributed by atoms with van der Waals surface area (Å²) in [5.41, 5.74) is 4.79. The highest BCUT2D eigenvalue weighted by Crippen LogP contribution is 2.31. The summed E-state index contributed by atoms with van der Waals surface area (Å²) in [5, 5.41) is 0.736. The van der Waals surface area contributed by atoms with E-state index in [9.17, 15) is 0 Å². The minimum atomic E-state index is 0.0584. The average Bonchev–Trinajstić information content (AvgIpc) is 2.68. The van der Waals surface area contributed by atoms with Crippen LogP contribution in [-0.2, 0) is 0 Å². The van der Waals surface area contributed by atoms with Crippen molar-refractivity contribution < 1.29 is 0 Å². The molecule has 0 spiro atoms. The van der Waals surface area contributed by atoms with Crippen molar-refractivity contribution >= 4 is 17.3 Å². The normalized spacial score (nSPS) is 18.6. The fourth-order valence-electron chi connectivity index (χ4n) is 3.24. The second-order valence-corrected chi connectivity index (χ2v) is 6.56. The molecule has 4 rings (SSSR count). The molecule has 0 N–H and O–H groups in total. The monoisotopic (exact) mass is 343 g/mol. The van der Waals surface area contributed by atoms with E-state index in [1.807, 2.05) is 30.3 Å². The number of anilines is 1. The molecular weight excluding hydrogens is 326 g/mol. The van der Waals surface area contributed by atoms with Crippen molar-refractivity contribution in [2.75, 3.05) is 11.4 Å². The first-order valence-electron chi connectivity index (χ1n) is 8.47. The SMILES string of the molecule is Clc1ccc(C#CC2C3=CCC=CC3=CCN2c2ccccc2)cc1. The summed E-state index contributed by atoms with van der Waals surface area (Å²) in [6.07, 6.45) is 9.97. The van der Waals surface area contributed by atoms with Gasteiger partial charge in [-0.2, -0.15) is 0 Å². The first kappa shape index (κ1) is 15.8. The molecule has 0 fully saturated rings. The van der Waals surface area contributed by atoms with Gasteiger partial charge in [0.05, 0.1) is 0 Å². The summed E-state index contributed by atoms with van der Waals surface area (Å²) in [7, 11) is 0. The Kier molecular flexibility index (Phi) is 4.46. The second-order valence-electron chi connectivity index (χ2n) is 6.12. The number of rotatable bonds is 1. The summed E-state index contributed by atoms with van der Waals surface area (Å²) >= 11 is 5.97. The number of benzene rings is 2. The molecule has 0 bridgehead atoms. The van der Waals surface area contributed by atoms with E-state index in [4.69, 9.17) is 11.6 Å². The molecule has 1 aliphatic carbocycles. The second kappa shape index (κ2) is 7.05. The van der Waals surface area contributed by atoms with Crippen molar-refractivity contribution in [3.05, 3.63) is 101 Å². The Bertz CT molecular complexity index is 908. The predicted molar refractivity (Wildman–Crippen MR) is 106 cm³/mol. The van der Waals surface area contributed by atoms with E-state index < -0.39 is 0 Å². The third-order valence-electron chi connectivity index (χ3n) is 4.50.